The number of nitrogens with two attached hydrogens (primary N) is 1. The normalized spacial score (nSPS) is 12.5. The van der Waals surface area contributed by atoms with Crippen LogP contribution in [0.4, 0.5) is 0 Å². The lowest BCUT2D eigenvalue weighted by Gasteiger charge is -2.12. The zero-order chi connectivity index (χ0) is 10.7. The number of aromatic nitrogens is 1. The number of carboxylic acid groups (broad SMARTS) is 1. The highest BCUT2D eigenvalue weighted by molar-refractivity contribution is 9.11. The molecule has 0 aliphatic carbocycles. The van der Waals surface area contributed by atoms with Crippen molar-refractivity contribution in [2.24, 2.45) is 5.73 Å². The van der Waals surface area contributed by atoms with Crippen molar-refractivity contribution >= 4 is 37.8 Å². The van der Waals surface area contributed by atoms with Crippen LogP contribution in [0.3, 0.4) is 0 Å². The van der Waals surface area contributed by atoms with Gasteiger partial charge in [0.05, 0.1) is 6.42 Å². The van der Waals surface area contributed by atoms with Gasteiger partial charge in [0.25, 0.3) is 0 Å². The van der Waals surface area contributed by atoms with Gasteiger partial charge in [-0.05, 0) is 31.9 Å². The molecule has 0 aliphatic heterocycles. The second-order valence-electron chi connectivity index (χ2n) is 2.72. The first-order valence-corrected chi connectivity index (χ1v) is 5.37. The Morgan fingerprint density at radius 1 is 1.50 bits per heavy atom. The molecule has 0 bridgehead atoms. The maximum Gasteiger partial charge on any atom is 0.305 e. The Balaban J connectivity index is 2.99. The average Bonchev–Trinajstić information content (AvgIpc) is 2.01. The second kappa shape index (κ2) is 4.86. The summed E-state index contributed by atoms with van der Waals surface area (Å²) in [7, 11) is 0. The summed E-state index contributed by atoms with van der Waals surface area (Å²) < 4.78 is 1.42. The van der Waals surface area contributed by atoms with Crippen molar-refractivity contribution in [3.8, 4) is 0 Å². The van der Waals surface area contributed by atoms with Crippen molar-refractivity contribution < 1.29 is 9.90 Å². The van der Waals surface area contributed by atoms with Gasteiger partial charge in [0.1, 0.15) is 0 Å². The standard InChI is InChI=1S/C8H8Br2N2O2/c9-4-2-12-3-5(10)8(4)6(11)1-7(13)14/h2-3,6H,1,11H2,(H,13,14)/t6-/m1/s1. The average molecular weight is 324 g/mol. The Labute approximate surface area is 97.8 Å². The Hall–Kier alpha value is -0.460. The van der Waals surface area contributed by atoms with E-state index < -0.39 is 12.0 Å². The molecule has 0 aromatic carbocycles. The quantitative estimate of drug-likeness (QED) is 0.893. The van der Waals surface area contributed by atoms with Crippen LogP contribution >= 0.6 is 31.9 Å². The van der Waals surface area contributed by atoms with Crippen molar-refractivity contribution in [2.75, 3.05) is 0 Å². The fraction of sp³-hybridized carbons (Fsp3) is 0.250. The number of carboxylic acids is 1. The third-order valence-corrected chi connectivity index (χ3v) is 2.92. The molecular weight excluding hydrogens is 316 g/mol. The minimum atomic E-state index is -0.923. The van der Waals surface area contributed by atoms with Gasteiger partial charge < -0.3 is 10.8 Å². The molecule has 0 saturated heterocycles. The number of rotatable bonds is 3. The number of aliphatic carboxylic acids is 1. The van der Waals surface area contributed by atoms with Gasteiger partial charge in [0.2, 0.25) is 0 Å². The van der Waals surface area contributed by atoms with E-state index in [-0.39, 0.29) is 6.42 Å². The summed E-state index contributed by atoms with van der Waals surface area (Å²) in [5.41, 5.74) is 6.45. The minimum Gasteiger partial charge on any atom is -0.481 e. The van der Waals surface area contributed by atoms with E-state index in [1.54, 1.807) is 12.4 Å². The van der Waals surface area contributed by atoms with E-state index >= 15 is 0 Å². The highest BCUT2D eigenvalue weighted by Crippen LogP contribution is 2.29. The van der Waals surface area contributed by atoms with E-state index in [2.05, 4.69) is 36.8 Å². The third kappa shape index (κ3) is 2.76. The number of halogens is 2. The molecule has 1 heterocycles. The second-order valence-corrected chi connectivity index (χ2v) is 4.43. The molecule has 0 aliphatic rings. The van der Waals surface area contributed by atoms with Crippen LogP contribution in [0.25, 0.3) is 0 Å². The van der Waals surface area contributed by atoms with E-state index in [0.29, 0.717) is 8.95 Å². The first-order valence-electron chi connectivity index (χ1n) is 3.78. The Bertz CT molecular complexity index is 337. The van der Waals surface area contributed by atoms with Gasteiger partial charge >= 0.3 is 5.97 Å². The molecule has 0 amide bonds. The number of pyridine rings is 1. The van der Waals surface area contributed by atoms with Crippen molar-refractivity contribution in [3.05, 3.63) is 26.9 Å². The van der Waals surface area contributed by atoms with Gasteiger partial charge in [-0.3, -0.25) is 9.78 Å². The van der Waals surface area contributed by atoms with Crippen LogP contribution in [0.15, 0.2) is 21.3 Å². The zero-order valence-corrected chi connectivity index (χ0v) is 10.2. The van der Waals surface area contributed by atoms with Gasteiger partial charge in [-0.1, -0.05) is 0 Å². The van der Waals surface area contributed by atoms with E-state index in [1.807, 2.05) is 0 Å². The molecule has 4 nitrogen and oxygen atoms in total. The maximum absolute atomic E-state index is 10.5. The lowest BCUT2D eigenvalue weighted by Crippen LogP contribution is -2.16. The highest BCUT2D eigenvalue weighted by atomic mass is 79.9. The van der Waals surface area contributed by atoms with E-state index in [1.165, 1.54) is 0 Å². The predicted molar refractivity (Wildman–Crippen MR) is 58.8 cm³/mol. The molecule has 6 heteroatoms. The molecule has 0 saturated carbocycles. The van der Waals surface area contributed by atoms with Crippen LogP contribution in [0, 0.1) is 0 Å². The molecule has 3 N–H and O–H groups in total. The third-order valence-electron chi connectivity index (χ3n) is 1.66. The molecule has 0 unspecified atom stereocenters. The largest absolute Gasteiger partial charge is 0.481 e. The van der Waals surface area contributed by atoms with Crippen molar-refractivity contribution in [3.63, 3.8) is 0 Å². The molecule has 1 aromatic heterocycles. The van der Waals surface area contributed by atoms with Gasteiger partial charge in [0.15, 0.2) is 0 Å². The maximum atomic E-state index is 10.5. The molecule has 1 aromatic rings. The number of carbonyl (C=O) groups is 1. The smallest absolute Gasteiger partial charge is 0.305 e. The molecule has 0 fully saturated rings. The van der Waals surface area contributed by atoms with Crippen molar-refractivity contribution in [1.29, 1.82) is 0 Å². The molecule has 14 heavy (non-hydrogen) atoms. The molecule has 1 rings (SSSR count). The van der Waals surface area contributed by atoms with Crippen LogP contribution < -0.4 is 5.73 Å². The number of nitrogens with zero attached hydrogens (tertiary/aromatic N) is 1. The summed E-state index contributed by atoms with van der Waals surface area (Å²) in [6.45, 7) is 0. The van der Waals surface area contributed by atoms with Crippen LogP contribution in [0.1, 0.15) is 18.0 Å². The fourth-order valence-corrected chi connectivity index (χ4v) is 2.58. The lowest BCUT2D eigenvalue weighted by molar-refractivity contribution is -0.137. The Kier molecular flexibility index (Phi) is 4.03. The number of hydrogen-bond donors (Lipinski definition) is 2. The van der Waals surface area contributed by atoms with Crippen LogP contribution in [-0.2, 0) is 4.79 Å². The molecule has 1 atom stereocenters. The highest BCUT2D eigenvalue weighted by Gasteiger charge is 2.16. The monoisotopic (exact) mass is 322 g/mol. The topological polar surface area (TPSA) is 76.2 Å². The van der Waals surface area contributed by atoms with Gasteiger partial charge in [0, 0.05) is 32.9 Å². The van der Waals surface area contributed by atoms with Gasteiger partial charge in [-0.15, -0.1) is 0 Å². The molecule has 76 valence electrons. The molecule has 0 radical (unpaired) electrons. The Morgan fingerprint density at radius 2 is 2.00 bits per heavy atom. The first-order chi connectivity index (χ1) is 6.52. The van der Waals surface area contributed by atoms with E-state index in [9.17, 15) is 4.79 Å². The summed E-state index contributed by atoms with van der Waals surface area (Å²) in [6.07, 6.45) is 3.06. The van der Waals surface area contributed by atoms with Crippen LogP contribution in [0.2, 0.25) is 0 Å². The minimum absolute atomic E-state index is 0.110. The van der Waals surface area contributed by atoms with Crippen LogP contribution in [-0.4, -0.2) is 16.1 Å². The Morgan fingerprint density at radius 3 is 2.43 bits per heavy atom. The summed E-state index contributed by atoms with van der Waals surface area (Å²) in [6, 6.07) is -0.542. The van der Waals surface area contributed by atoms with E-state index in [0.717, 1.165) is 5.56 Å². The SMILES string of the molecule is N[C@H](CC(=O)O)c1c(Br)cncc1Br. The molecule has 0 spiro atoms. The summed E-state index contributed by atoms with van der Waals surface area (Å²) in [5, 5.41) is 8.60. The van der Waals surface area contributed by atoms with E-state index in [4.69, 9.17) is 10.8 Å². The summed E-state index contributed by atoms with van der Waals surface area (Å²) >= 11 is 6.54. The first kappa shape index (κ1) is 11.6. The molecular formula is C8H8Br2N2O2. The van der Waals surface area contributed by atoms with Crippen molar-refractivity contribution in [2.45, 2.75) is 12.5 Å². The fourth-order valence-electron chi connectivity index (χ4n) is 1.07. The van der Waals surface area contributed by atoms with Crippen LogP contribution in [0.5, 0.6) is 0 Å². The predicted octanol–water partition coefficient (Wildman–Crippen LogP) is 2.08. The summed E-state index contributed by atoms with van der Waals surface area (Å²) in [5.74, 6) is -0.923. The van der Waals surface area contributed by atoms with Crippen molar-refractivity contribution in [1.82, 2.24) is 4.98 Å². The number of hydrogen-bond acceptors (Lipinski definition) is 3. The zero-order valence-electron chi connectivity index (χ0n) is 7.08. The van der Waals surface area contributed by atoms with Gasteiger partial charge in [-0.25, -0.2) is 0 Å². The lowest BCUT2D eigenvalue weighted by atomic mass is 10.1. The summed E-state index contributed by atoms with van der Waals surface area (Å²) in [4.78, 5) is 14.4. The van der Waals surface area contributed by atoms with Gasteiger partial charge in [-0.2, -0.15) is 0 Å².